The lowest BCUT2D eigenvalue weighted by Gasteiger charge is -2.52. The monoisotopic (exact) mass is 611 g/mol. The van der Waals surface area contributed by atoms with Crippen LogP contribution in [0.15, 0.2) is 72.3 Å². The predicted octanol–water partition coefficient (Wildman–Crippen LogP) is 5.45. The van der Waals surface area contributed by atoms with Crippen LogP contribution in [0.1, 0.15) is 81.8 Å². The third-order valence-corrected chi connectivity index (χ3v) is 10.3. The van der Waals surface area contributed by atoms with E-state index in [2.05, 4.69) is 38.2 Å². The molecule has 0 bridgehead atoms. The number of benzene rings is 2. The SMILES string of the molecule is CCC(NC(C)=O)C(=O)N1CCC(C(=O)N2CC=C3C(C)(C)C(c4ccc(C(=O)O)cc4)=CC[C@]3(C)C2)(c2ccccc2)CC1. The van der Waals surface area contributed by atoms with Crippen molar-refractivity contribution in [1.29, 1.82) is 0 Å². The maximum absolute atomic E-state index is 14.7. The second-order valence-electron chi connectivity index (χ2n) is 13.6. The highest BCUT2D eigenvalue weighted by atomic mass is 16.4. The zero-order valence-electron chi connectivity index (χ0n) is 27.1. The normalized spacial score (nSPS) is 22.8. The second-order valence-corrected chi connectivity index (χ2v) is 13.6. The van der Waals surface area contributed by atoms with Crippen LogP contribution in [-0.2, 0) is 19.8 Å². The number of carbonyl (C=O) groups excluding carboxylic acids is 3. The number of amides is 3. The van der Waals surface area contributed by atoms with Crippen LogP contribution in [0.2, 0.25) is 0 Å². The fourth-order valence-electron chi connectivity index (χ4n) is 7.96. The molecule has 3 aliphatic rings. The van der Waals surface area contributed by atoms with E-state index in [4.69, 9.17) is 0 Å². The lowest BCUT2D eigenvalue weighted by molar-refractivity contribution is -0.145. The van der Waals surface area contributed by atoms with Crippen molar-refractivity contribution in [3.05, 3.63) is 89.0 Å². The molecule has 238 valence electrons. The standard InChI is InChI=1S/C37H45N3O5/c1-6-30(38-25(2)41)32(42)39-22-19-37(20-23-39,28-10-8-7-9-11-28)34(45)40-21-17-31-35(3,4)29(16-18-36(31,5)24-40)26-12-14-27(15-13-26)33(43)44/h7-17,30H,6,18-24H2,1-5H3,(H,38,41)(H,43,44)/t30?,36-/m1/s1. The second kappa shape index (κ2) is 12.3. The minimum absolute atomic E-state index is 0.0931. The third-order valence-electron chi connectivity index (χ3n) is 10.3. The number of carboxylic acids is 1. The average molecular weight is 612 g/mol. The number of hydrogen-bond donors (Lipinski definition) is 2. The summed E-state index contributed by atoms with van der Waals surface area (Å²) in [6.07, 6.45) is 6.81. The molecule has 8 heteroatoms. The molecule has 2 N–H and O–H groups in total. The van der Waals surface area contributed by atoms with Gasteiger partial charge in [-0.25, -0.2) is 4.79 Å². The van der Waals surface area contributed by atoms with E-state index in [9.17, 15) is 24.3 Å². The first-order valence-corrected chi connectivity index (χ1v) is 16.0. The average Bonchev–Trinajstić information content (AvgIpc) is 3.03. The molecule has 1 fully saturated rings. The maximum Gasteiger partial charge on any atom is 0.335 e. The van der Waals surface area contributed by atoms with Gasteiger partial charge < -0.3 is 20.2 Å². The van der Waals surface area contributed by atoms with Gasteiger partial charge in [-0.3, -0.25) is 14.4 Å². The molecule has 3 amide bonds. The number of likely N-dealkylation sites (tertiary alicyclic amines) is 1. The fraction of sp³-hybridized carbons (Fsp3) is 0.459. The molecule has 1 unspecified atom stereocenters. The van der Waals surface area contributed by atoms with Gasteiger partial charge in [-0.1, -0.05) is 87.9 Å². The Hall–Kier alpha value is -4.20. The van der Waals surface area contributed by atoms with E-state index in [1.807, 2.05) is 54.3 Å². The van der Waals surface area contributed by atoms with Crippen LogP contribution < -0.4 is 5.32 Å². The number of nitrogens with one attached hydrogen (secondary N) is 1. The summed E-state index contributed by atoms with van der Waals surface area (Å²) in [5.74, 6) is -1.16. The van der Waals surface area contributed by atoms with Gasteiger partial charge in [-0.05, 0) is 54.5 Å². The molecule has 45 heavy (non-hydrogen) atoms. The van der Waals surface area contributed by atoms with Crippen molar-refractivity contribution in [3.8, 4) is 0 Å². The summed E-state index contributed by atoms with van der Waals surface area (Å²) >= 11 is 0. The van der Waals surface area contributed by atoms with Crippen LogP contribution >= 0.6 is 0 Å². The van der Waals surface area contributed by atoms with Crippen LogP contribution in [0.25, 0.3) is 5.57 Å². The van der Waals surface area contributed by atoms with Crippen LogP contribution in [0.4, 0.5) is 0 Å². The third kappa shape index (κ3) is 5.95. The van der Waals surface area contributed by atoms with Gasteiger partial charge in [-0.2, -0.15) is 0 Å². The van der Waals surface area contributed by atoms with Gasteiger partial charge in [0, 0.05) is 43.9 Å². The topological polar surface area (TPSA) is 107 Å². The smallest absolute Gasteiger partial charge is 0.335 e. The highest BCUT2D eigenvalue weighted by Crippen LogP contribution is 2.55. The molecule has 8 nitrogen and oxygen atoms in total. The molecule has 1 saturated heterocycles. The summed E-state index contributed by atoms with van der Waals surface area (Å²) in [6, 6.07) is 16.5. The van der Waals surface area contributed by atoms with E-state index in [1.54, 1.807) is 17.0 Å². The molecule has 2 atom stereocenters. The van der Waals surface area contributed by atoms with Gasteiger partial charge in [0.25, 0.3) is 0 Å². The Morgan fingerprint density at radius 3 is 2.13 bits per heavy atom. The minimum Gasteiger partial charge on any atom is -0.478 e. The lowest BCUT2D eigenvalue weighted by atomic mass is 9.58. The molecule has 5 rings (SSSR count). The molecule has 0 saturated carbocycles. The minimum atomic E-state index is -0.938. The zero-order chi connectivity index (χ0) is 32.6. The lowest BCUT2D eigenvalue weighted by Crippen LogP contribution is -2.58. The Labute approximate surface area is 266 Å². The summed E-state index contributed by atoms with van der Waals surface area (Å²) in [5, 5.41) is 12.1. The van der Waals surface area contributed by atoms with E-state index < -0.39 is 17.4 Å². The van der Waals surface area contributed by atoms with Gasteiger partial charge in [0.2, 0.25) is 17.7 Å². The Bertz CT molecular complexity index is 1530. The van der Waals surface area contributed by atoms with Crippen LogP contribution in [-0.4, -0.2) is 70.8 Å². The van der Waals surface area contributed by atoms with Crippen molar-refractivity contribution in [1.82, 2.24) is 15.1 Å². The molecular weight excluding hydrogens is 566 g/mol. The van der Waals surface area contributed by atoms with E-state index >= 15 is 0 Å². The maximum atomic E-state index is 14.7. The van der Waals surface area contributed by atoms with Crippen LogP contribution in [0.3, 0.4) is 0 Å². The van der Waals surface area contributed by atoms with E-state index in [0.29, 0.717) is 45.4 Å². The molecule has 2 aliphatic heterocycles. The van der Waals surface area contributed by atoms with E-state index in [1.165, 1.54) is 18.1 Å². The first-order valence-electron chi connectivity index (χ1n) is 16.0. The van der Waals surface area contributed by atoms with Crippen molar-refractivity contribution in [2.75, 3.05) is 26.2 Å². The van der Waals surface area contributed by atoms with E-state index in [-0.39, 0.29) is 34.1 Å². The Morgan fingerprint density at radius 1 is 0.911 bits per heavy atom. The molecule has 2 aromatic carbocycles. The fourth-order valence-corrected chi connectivity index (χ4v) is 7.96. The van der Waals surface area contributed by atoms with Crippen molar-refractivity contribution in [3.63, 3.8) is 0 Å². The predicted molar refractivity (Wildman–Crippen MR) is 174 cm³/mol. The van der Waals surface area contributed by atoms with Gasteiger partial charge in [0.15, 0.2) is 0 Å². The van der Waals surface area contributed by atoms with Gasteiger partial charge in [-0.15, -0.1) is 0 Å². The largest absolute Gasteiger partial charge is 0.478 e. The molecule has 0 aromatic heterocycles. The molecule has 0 radical (unpaired) electrons. The van der Waals surface area contributed by atoms with Gasteiger partial charge in [0.05, 0.1) is 11.0 Å². The van der Waals surface area contributed by atoms with Gasteiger partial charge >= 0.3 is 5.97 Å². The van der Waals surface area contributed by atoms with Crippen molar-refractivity contribution < 1.29 is 24.3 Å². The number of nitrogens with zero attached hydrogens (tertiary/aromatic N) is 2. The van der Waals surface area contributed by atoms with Crippen LogP contribution in [0.5, 0.6) is 0 Å². The van der Waals surface area contributed by atoms with Crippen molar-refractivity contribution >= 4 is 29.3 Å². The number of fused-ring (bicyclic) bond motifs is 1. The van der Waals surface area contributed by atoms with Crippen molar-refractivity contribution in [2.24, 2.45) is 10.8 Å². The Balaban J connectivity index is 1.39. The van der Waals surface area contributed by atoms with Crippen molar-refractivity contribution in [2.45, 2.75) is 71.8 Å². The van der Waals surface area contributed by atoms with E-state index in [0.717, 1.165) is 17.5 Å². The van der Waals surface area contributed by atoms with Crippen LogP contribution in [0, 0.1) is 10.8 Å². The molecule has 0 spiro atoms. The number of rotatable bonds is 7. The number of piperidine rings is 1. The number of carboxylic acid groups (broad SMARTS) is 1. The quantitative estimate of drug-likeness (QED) is 0.405. The number of allylic oxidation sites excluding steroid dienone is 2. The Morgan fingerprint density at radius 2 is 1.56 bits per heavy atom. The number of aromatic carboxylic acids is 1. The molecular formula is C37H45N3O5. The summed E-state index contributed by atoms with van der Waals surface area (Å²) in [5.41, 5.74) is 3.45. The first-order chi connectivity index (χ1) is 21.3. The summed E-state index contributed by atoms with van der Waals surface area (Å²) in [7, 11) is 0. The number of carbonyl (C=O) groups is 4. The zero-order valence-corrected chi connectivity index (χ0v) is 27.1. The summed E-state index contributed by atoms with van der Waals surface area (Å²) < 4.78 is 0. The molecule has 1 aliphatic carbocycles. The molecule has 2 heterocycles. The first kappa shape index (κ1) is 32.2. The number of hydrogen-bond acceptors (Lipinski definition) is 4. The summed E-state index contributed by atoms with van der Waals surface area (Å²) in [4.78, 5) is 54.9. The highest BCUT2D eigenvalue weighted by molar-refractivity contribution is 5.91. The summed E-state index contributed by atoms with van der Waals surface area (Å²) in [6.45, 7) is 12.0. The Kier molecular flexibility index (Phi) is 8.80. The highest BCUT2D eigenvalue weighted by Gasteiger charge is 2.51. The molecule has 2 aromatic rings. The van der Waals surface area contributed by atoms with Gasteiger partial charge in [0.1, 0.15) is 6.04 Å².